The van der Waals surface area contributed by atoms with E-state index in [1.807, 2.05) is 0 Å². The topological polar surface area (TPSA) is 35.5 Å². The maximum atomic E-state index is 4.66. The lowest BCUT2D eigenvalue weighted by atomic mass is 9.98. The fraction of sp³-hybridized carbons (Fsp3) is 0.750. The largest absolute Gasteiger partial charge is 0.353 e. The summed E-state index contributed by atoms with van der Waals surface area (Å²) in [5, 5.41) is 0. The zero-order chi connectivity index (χ0) is 14.2. The number of hydrogen-bond donors (Lipinski definition) is 0. The molecular weight excluding hydrogens is 262 g/mol. The van der Waals surface area contributed by atoms with E-state index >= 15 is 0 Å². The van der Waals surface area contributed by atoms with Gasteiger partial charge in [-0.15, -0.1) is 0 Å². The Balaban J connectivity index is 1.59. The zero-order valence-corrected chi connectivity index (χ0v) is 13.0. The summed E-state index contributed by atoms with van der Waals surface area (Å²) in [4.78, 5) is 16.8. The number of rotatable bonds is 1. The van der Waals surface area contributed by atoms with Crippen molar-refractivity contribution < 1.29 is 0 Å². The fourth-order valence-corrected chi connectivity index (χ4v) is 4.08. The van der Waals surface area contributed by atoms with Crippen LogP contribution in [0.15, 0.2) is 6.33 Å². The highest BCUT2D eigenvalue weighted by Gasteiger charge is 2.31. The molecule has 1 aromatic rings. The van der Waals surface area contributed by atoms with Crippen LogP contribution in [-0.2, 0) is 13.0 Å². The molecule has 5 nitrogen and oxygen atoms in total. The lowest BCUT2D eigenvalue weighted by Crippen LogP contribution is -2.55. The summed E-state index contributed by atoms with van der Waals surface area (Å²) in [6, 6.07) is 0.736. The van der Waals surface area contributed by atoms with Gasteiger partial charge in [0.2, 0.25) is 0 Å². The van der Waals surface area contributed by atoms with Gasteiger partial charge >= 0.3 is 0 Å². The van der Waals surface area contributed by atoms with E-state index in [4.69, 9.17) is 0 Å². The van der Waals surface area contributed by atoms with Gasteiger partial charge in [-0.3, -0.25) is 4.90 Å². The van der Waals surface area contributed by atoms with Crippen LogP contribution in [0.1, 0.15) is 30.5 Å². The van der Waals surface area contributed by atoms with Crippen molar-refractivity contribution in [1.82, 2.24) is 19.8 Å². The molecule has 0 aromatic carbocycles. The van der Waals surface area contributed by atoms with Gasteiger partial charge in [0.15, 0.2) is 0 Å². The molecule has 0 amide bonds. The SMILES string of the molecule is CN1CCc2ncnc(N3CCN4CCCC[C@@H]4C3)c2C1. The third-order valence-electron chi connectivity index (χ3n) is 5.31. The van der Waals surface area contributed by atoms with Crippen molar-refractivity contribution >= 4 is 5.82 Å². The van der Waals surface area contributed by atoms with E-state index in [1.54, 1.807) is 6.33 Å². The molecule has 21 heavy (non-hydrogen) atoms. The summed E-state index contributed by atoms with van der Waals surface area (Å²) >= 11 is 0. The Kier molecular flexibility index (Phi) is 3.55. The molecule has 3 aliphatic rings. The number of aromatic nitrogens is 2. The molecule has 0 saturated carbocycles. The molecule has 114 valence electrons. The highest BCUT2D eigenvalue weighted by atomic mass is 15.3. The van der Waals surface area contributed by atoms with Crippen molar-refractivity contribution in [1.29, 1.82) is 0 Å². The van der Waals surface area contributed by atoms with E-state index < -0.39 is 0 Å². The number of hydrogen-bond acceptors (Lipinski definition) is 5. The molecule has 5 heteroatoms. The van der Waals surface area contributed by atoms with Crippen LogP contribution in [0.3, 0.4) is 0 Å². The van der Waals surface area contributed by atoms with E-state index in [0.29, 0.717) is 0 Å². The van der Waals surface area contributed by atoms with Crippen LogP contribution in [0.5, 0.6) is 0 Å². The average Bonchev–Trinajstić information content (AvgIpc) is 2.54. The van der Waals surface area contributed by atoms with Crippen molar-refractivity contribution in [2.24, 2.45) is 0 Å². The minimum Gasteiger partial charge on any atom is -0.353 e. The molecule has 0 aliphatic carbocycles. The number of likely N-dealkylation sites (N-methyl/N-ethyl adjacent to an activating group) is 1. The lowest BCUT2D eigenvalue weighted by Gasteiger charge is -2.45. The van der Waals surface area contributed by atoms with E-state index in [-0.39, 0.29) is 0 Å². The molecular formula is C16H25N5. The van der Waals surface area contributed by atoms with Crippen LogP contribution in [0.2, 0.25) is 0 Å². The second kappa shape index (κ2) is 5.54. The van der Waals surface area contributed by atoms with E-state index in [0.717, 1.165) is 38.6 Å². The third-order valence-corrected chi connectivity index (χ3v) is 5.31. The molecule has 0 bridgehead atoms. The third kappa shape index (κ3) is 2.53. The first kappa shape index (κ1) is 13.5. The first-order chi connectivity index (χ1) is 10.3. The number of anilines is 1. The summed E-state index contributed by atoms with van der Waals surface area (Å²) in [7, 11) is 2.19. The Bertz CT molecular complexity index is 517. The first-order valence-electron chi connectivity index (χ1n) is 8.31. The predicted molar refractivity (Wildman–Crippen MR) is 83.5 cm³/mol. The number of nitrogens with zero attached hydrogens (tertiary/aromatic N) is 5. The minimum absolute atomic E-state index is 0.736. The fourth-order valence-electron chi connectivity index (χ4n) is 4.08. The Hall–Kier alpha value is -1.20. The summed E-state index contributed by atoms with van der Waals surface area (Å²) in [5.74, 6) is 1.21. The quantitative estimate of drug-likeness (QED) is 0.774. The second-order valence-electron chi connectivity index (χ2n) is 6.74. The number of fused-ring (bicyclic) bond motifs is 2. The summed E-state index contributed by atoms with van der Waals surface area (Å²) in [6.45, 7) is 6.86. The van der Waals surface area contributed by atoms with Crippen molar-refractivity contribution in [3.05, 3.63) is 17.6 Å². The molecule has 0 radical (unpaired) electrons. The van der Waals surface area contributed by atoms with Gasteiger partial charge in [-0.1, -0.05) is 6.42 Å². The molecule has 2 fully saturated rings. The molecule has 4 rings (SSSR count). The first-order valence-corrected chi connectivity index (χ1v) is 8.31. The molecule has 0 unspecified atom stereocenters. The van der Waals surface area contributed by atoms with Crippen molar-refractivity contribution in [2.45, 2.75) is 38.3 Å². The molecule has 3 aliphatic heterocycles. The standard InChI is InChI=1S/C16H25N5/c1-19-7-5-15-14(11-19)16(18-12-17-15)21-9-8-20-6-3-2-4-13(20)10-21/h12-13H,2-11H2,1H3/t13-/m1/s1. The van der Waals surface area contributed by atoms with Gasteiger partial charge < -0.3 is 9.80 Å². The summed E-state index contributed by atoms with van der Waals surface area (Å²) in [6.07, 6.45) is 6.95. The van der Waals surface area contributed by atoms with Crippen LogP contribution in [-0.4, -0.2) is 65.6 Å². The van der Waals surface area contributed by atoms with Crippen LogP contribution >= 0.6 is 0 Å². The van der Waals surface area contributed by atoms with Crippen molar-refractivity contribution in [2.75, 3.05) is 44.7 Å². The van der Waals surface area contributed by atoms with Crippen LogP contribution in [0, 0.1) is 0 Å². The van der Waals surface area contributed by atoms with Gasteiger partial charge in [0.1, 0.15) is 12.1 Å². The molecule has 1 atom stereocenters. The number of piperidine rings is 1. The van der Waals surface area contributed by atoms with Crippen molar-refractivity contribution in [3.8, 4) is 0 Å². The zero-order valence-electron chi connectivity index (χ0n) is 13.0. The normalized spacial score (nSPS) is 27.3. The maximum absolute atomic E-state index is 4.66. The molecule has 0 N–H and O–H groups in total. The van der Waals surface area contributed by atoms with Gasteiger partial charge in [-0.25, -0.2) is 9.97 Å². The Morgan fingerprint density at radius 1 is 1.10 bits per heavy atom. The van der Waals surface area contributed by atoms with E-state index in [9.17, 15) is 0 Å². The van der Waals surface area contributed by atoms with E-state index in [1.165, 1.54) is 49.4 Å². The molecule has 4 heterocycles. The minimum atomic E-state index is 0.736. The average molecular weight is 287 g/mol. The molecule has 1 aromatic heterocycles. The maximum Gasteiger partial charge on any atom is 0.136 e. The second-order valence-corrected chi connectivity index (χ2v) is 6.74. The van der Waals surface area contributed by atoms with Gasteiger partial charge in [0.05, 0.1) is 5.69 Å². The Morgan fingerprint density at radius 2 is 2.05 bits per heavy atom. The van der Waals surface area contributed by atoms with Gasteiger partial charge in [-0.2, -0.15) is 0 Å². The smallest absolute Gasteiger partial charge is 0.136 e. The van der Waals surface area contributed by atoms with Gasteiger partial charge in [-0.05, 0) is 26.4 Å². The highest BCUT2D eigenvalue weighted by molar-refractivity contribution is 5.50. The predicted octanol–water partition coefficient (Wildman–Crippen LogP) is 1.14. The molecule has 2 saturated heterocycles. The lowest BCUT2D eigenvalue weighted by molar-refractivity contribution is 0.133. The Morgan fingerprint density at radius 3 is 3.00 bits per heavy atom. The Labute approximate surface area is 127 Å². The molecule has 0 spiro atoms. The monoisotopic (exact) mass is 287 g/mol. The van der Waals surface area contributed by atoms with Gasteiger partial charge in [0, 0.05) is 50.7 Å². The highest BCUT2D eigenvalue weighted by Crippen LogP contribution is 2.29. The van der Waals surface area contributed by atoms with Crippen LogP contribution in [0.25, 0.3) is 0 Å². The summed E-state index contributed by atoms with van der Waals surface area (Å²) in [5.41, 5.74) is 2.64. The van der Waals surface area contributed by atoms with Crippen LogP contribution < -0.4 is 4.90 Å². The van der Waals surface area contributed by atoms with Crippen LogP contribution in [0.4, 0.5) is 5.82 Å². The van der Waals surface area contributed by atoms with E-state index in [2.05, 4.69) is 31.7 Å². The van der Waals surface area contributed by atoms with Gasteiger partial charge in [0.25, 0.3) is 0 Å². The summed E-state index contributed by atoms with van der Waals surface area (Å²) < 4.78 is 0. The van der Waals surface area contributed by atoms with Crippen molar-refractivity contribution in [3.63, 3.8) is 0 Å². The number of piperazine rings is 1.